The highest BCUT2D eigenvalue weighted by atomic mass is 16.5. The zero-order valence-corrected chi connectivity index (χ0v) is 28.8. The van der Waals surface area contributed by atoms with Crippen molar-refractivity contribution in [3.05, 3.63) is 132 Å². The molecule has 0 radical (unpaired) electrons. The van der Waals surface area contributed by atoms with Crippen LogP contribution < -0.4 is 4.74 Å². The lowest BCUT2D eigenvalue weighted by molar-refractivity contribution is 0.354. The third-order valence-corrected chi connectivity index (χ3v) is 9.37. The molecule has 0 N–H and O–H groups in total. The summed E-state index contributed by atoms with van der Waals surface area (Å²) in [7, 11) is 0. The number of pyridine rings is 1. The van der Waals surface area contributed by atoms with E-state index in [4.69, 9.17) is 16.2 Å². The van der Waals surface area contributed by atoms with Gasteiger partial charge in [0.25, 0.3) is 0 Å². The molecule has 0 spiro atoms. The van der Waals surface area contributed by atoms with E-state index in [2.05, 4.69) is 107 Å². The van der Waals surface area contributed by atoms with Crippen molar-refractivity contribution in [3.63, 3.8) is 0 Å². The number of rotatable bonds is 9. The standard InChI is InChI=1S/C43H44N4O/c1-29(14-13-24-43(4,5)6)33-20-23-39-38(26-33)37-22-21-36(28-40(37)46(39)41-19-10-11-25-44-41)48-35-18-12-17-34(27-35)47-31(3)42(30(2)45-47)32-15-8-7-9-16-32/h7-12,15-23,25-29H,13-14,24H2,1-6H3/i10D. The zero-order chi connectivity index (χ0) is 34.3. The van der Waals surface area contributed by atoms with E-state index in [1.807, 2.05) is 41.1 Å². The summed E-state index contributed by atoms with van der Waals surface area (Å²) < 4.78 is 19.0. The quantitative estimate of drug-likeness (QED) is 0.159. The molecule has 3 aromatic heterocycles. The van der Waals surface area contributed by atoms with E-state index in [-0.39, 0.29) is 0 Å². The minimum Gasteiger partial charge on any atom is -0.457 e. The van der Waals surface area contributed by atoms with Crippen molar-refractivity contribution < 1.29 is 6.11 Å². The summed E-state index contributed by atoms with van der Waals surface area (Å²) in [6.07, 6.45) is 5.29. The Labute approximate surface area is 285 Å². The van der Waals surface area contributed by atoms with Crippen LogP contribution in [-0.2, 0) is 0 Å². The second-order valence-corrected chi connectivity index (χ2v) is 14.2. The molecule has 0 aliphatic carbocycles. The molecule has 7 aromatic rings. The van der Waals surface area contributed by atoms with Crippen LogP contribution in [0.3, 0.4) is 0 Å². The number of fused-ring (bicyclic) bond motifs is 3. The molecule has 5 heteroatoms. The highest BCUT2D eigenvalue weighted by Crippen LogP contribution is 2.38. The van der Waals surface area contributed by atoms with E-state index < -0.39 is 0 Å². The second-order valence-electron chi connectivity index (χ2n) is 14.2. The Kier molecular flexibility index (Phi) is 8.05. The first-order valence-electron chi connectivity index (χ1n) is 17.5. The van der Waals surface area contributed by atoms with Crippen LogP contribution in [0.4, 0.5) is 0 Å². The van der Waals surface area contributed by atoms with Crippen LogP contribution in [0.1, 0.15) is 71.2 Å². The molecule has 3 heterocycles. The number of aryl methyl sites for hydroxylation is 1. The average Bonchev–Trinajstić information content (AvgIpc) is 3.56. The van der Waals surface area contributed by atoms with E-state index in [1.165, 1.54) is 23.8 Å². The van der Waals surface area contributed by atoms with E-state index >= 15 is 0 Å². The Hall–Kier alpha value is -5.16. The van der Waals surface area contributed by atoms with Gasteiger partial charge in [0.2, 0.25) is 0 Å². The van der Waals surface area contributed by atoms with Gasteiger partial charge in [-0.1, -0.05) is 82.6 Å². The lowest BCUT2D eigenvalue weighted by Gasteiger charge is -2.19. The van der Waals surface area contributed by atoms with E-state index in [0.29, 0.717) is 17.4 Å². The summed E-state index contributed by atoms with van der Waals surface area (Å²) in [5.74, 6) is 2.63. The monoisotopic (exact) mass is 633 g/mol. The second kappa shape index (κ2) is 12.8. The number of hydrogen-bond donors (Lipinski definition) is 0. The maximum atomic E-state index is 8.33. The van der Waals surface area contributed by atoms with Gasteiger partial charge in [0, 0.05) is 40.4 Å². The molecule has 0 amide bonds. The molecule has 0 saturated carbocycles. The van der Waals surface area contributed by atoms with Crippen molar-refractivity contribution in [3.8, 4) is 34.1 Å². The van der Waals surface area contributed by atoms with Crippen molar-refractivity contribution in [1.82, 2.24) is 19.3 Å². The Balaban J connectivity index is 1.25. The molecule has 1 atom stereocenters. The molecule has 0 fully saturated rings. The maximum Gasteiger partial charge on any atom is 0.137 e. The lowest BCUT2D eigenvalue weighted by atomic mass is 9.86. The van der Waals surface area contributed by atoms with Crippen molar-refractivity contribution in [2.24, 2.45) is 5.41 Å². The van der Waals surface area contributed by atoms with Crippen molar-refractivity contribution in [1.29, 1.82) is 0 Å². The molecule has 242 valence electrons. The van der Waals surface area contributed by atoms with Gasteiger partial charge in [-0.3, -0.25) is 4.57 Å². The van der Waals surface area contributed by atoms with E-state index in [0.717, 1.165) is 68.4 Å². The van der Waals surface area contributed by atoms with Gasteiger partial charge >= 0.3 is 0 Å². The van der Waals surface area contributed by atoms with Crippen LogP contribution in [0.2, 0.25) is 0 Å². The molecule has 1 unspecified atom stereocenters. The molecule has 0 aliphatic heterocycles. The molecule has 5 nitrogen and oxygen atoms in total. The van der Waals surface area contributed by atoms with Crippen molar-refractivity contribution in [2.75, 3.05) is 0 Å². The van der Waals surface area contributed by atoms with Crippen LogP contribution in [0.15, 0.2) is 115 Å². The first-order chi connectivity index (χ1) is 23.6. The first-order valence-corrected chi connectivity index (χ1v) is 17.0. The average molecular weight is 634 g/mol. The fraction of sp³-hybridized carbons (Fsp3) is 0.256. The van der Waals surface area contributed by atoms with E-state index in [9.17, 15) is 0 Å². The largest absolute Gasteiger partial charge is 0.457 e. The van der Waals surface area contributed by atoms with Crippen molar-refractivity contribution >= 4 is 21.8 Å². The SMILES string of the molecule is [2H]c1ccnc(-n2c3ccc(C(C)CCCC(C)(C)C)cc3c3ccc(Oc4cccc(-n5nc(C)c(-c6ccccc6)c5C)c4)cc32)c1. The molecular weight excluding hydrogens is 589 g/mol. The Morgan fingerprint density at radius 3 is 2.42 bits per heavy atom. The third kappa shape index (κ3) is 6.25. The Bertz CT molecular complexity index is 2280. The zero-order valence-electron chi connectivity index (χ0n) is 29.8. The number of aromatic nitrogens is 4. The first kappa shape index (κ1) is 30.2. The number of hydrogen-bond acceptors (Lipinski definition) is 3. The minimum atomic E-state index is 0.348. The van der Waals surface area contributed by atoms with Crippen LogP contribution in [0.5, 0.6) is 11.5 Å². The molecule has 4 aromatic carbocycles. The molecule has 48 heavy (non-hydrogen) atoms. The summed E-state index contributed by atoms with van der Waals surface area (Å²) in [5.41, 5.74) is 9.07. The highest BCUT2D eigenvalue weighted by Gasteiger charge is 2.18. The van der Waals surface area contributed by atoms with Gasteiger partial charge in [0.15, 0.2) is 0 Å². The summed E-state index contributed by atoms with van der Waals surface area (Å²) in [4.78, 5) is 4.69. The summed E-state index contributed by atoms with van der Waals surface area (Å²) >= 11 is 0. The smallest absolute Gasteiger partial charge is 0.137 e. The number of nitrogens with zero attached hydrogens (tertiary/aromatic N) is 4. The fourth-order valence-corrected chi connectivity index (χ4v) is 6.91. The van der Waals surface area contributed by atoms with Gasteiger partial charge in [-0.15, -0.1) is 0 Å². The molecule has 7 rings (SSSR count). The van der Waals surface area contributed by atoms with Gasteiger partial charge in [-0.05, 0) is 97.7 Å². The van der Waals surface area contributed by atoms with Crippen LogP contribution in [0.25, 0.3) is 44.4 Å². The predicted octanol–water partition coefficient (Wildman–Crippen LogP) is 11.8. The van der Waals surface area contributed by atoms with Gasteiger partial charge in [0.05, 0.1) is 23.8 Å². The molecular formula is C43H44N4O. The Morgan fingerprint density at radius 1 is 0.812 bits per heavy atom. The molecule has 0 aliphatic rings. The predicted molar refractivity (Wildman–Crippen MR) is 199 cm³/mol. The van der Waals surface area contributed by atoms with Crippen LogP contribution in [-0.4, -0.2) is 19.3 Å². The van der Waals surface area contributed by atoms with E-state index in [1.54, 1.807) is 12.3 Å². The highest BCUT2D eigenvalue weighted by molar-refractivity contribution is 6.09. The van der Waals surface area contributed by atoms with Gasteiger partial charge < -0.3 is 4.74 Å². The summed E-state index contributed by atoms with van der Waals surface area (Å²) in [6, 6.07) is 35.5. The van der Waals surface area contributed by atoms with Gasteiger partial charge in [-0.2, -0.15) is 5.10 Å². The van der Waals surface area contributed by atoms with Gasteiger partial charge in [0.1, 0.15) is 17.3 Å². The number of benzene rings is 4. The molecule has 0 bridgehead atoms. The van der Waals surface area contributed by atoms with Crippen LogP contribution >= 0.6 is 0 Å². The van der Waals surface area contributed by atoms with Crippen molar-refractivity contribution in [2.45, 2.75) is 66.7 Å². The van der Waals surface area contributed by atoms with Gasteiger partial charge in [-0.25, -0.2) is 9.67 Å². The normalized spacial score (nSPS) is 12.8. The fourth-order valence-electron chi connectivity index (χ4n) is 6.91. The number of ether oxygens (including phenoxy) is 1. The van der Waals surface area contributed by atoms with Crippen LogP contribution in [0, 0.1) is 19.3 Å². The maximum absolute atomic E-state index is 8.33. The molecule has 0 saturated heterocycles. The topological polar surface area (TPSA) is 44.9 Å². The third-order valence-electron chi connectivity index (χ3n) is 9.37. The lowest BCUT2D eigenvalue weighted by Crippen LogP contribution is -2.05. The summed E-state index contributed by atoms with van der Waals surface area (Å²) in [6.45, 7) is 13.5. The Morgan fingerprint density at radius 2 is 1.62 bits per heavy atom. The summed E-state index contributed by atoms with van der Waals surface area (Å²) in [5, 5.41) is 7.22. The minimum absolute atomic E-state index is 0.348.